The first-order valence-corrected chi connectivity index (χ1v) is 7.78. The fourth-order valence-corrected chi connectivity index (χ4v) is 3.64. The first kappa shape index (κ1) is 13.5. The first-order chi connectivity index (χ1) is 8.68. The van der Waals surface area contributed by atoms with Gasteiger partial charge in [0.1, 0.15) is 0 Å². The van der Waals surface area contributed by atoms with Gasteiger partial charge >= 0.3 is 0 Å². The Bertz CT molecular complexity index is 520. The Morgan fingerprint density at radius 3 is 2.56 bits per heavy atom. The highest BCUT2D eigenvalue weighted by molar-refractivity contribution is 9.10. The molecule has 0 radical (unpaired) electrons. The Labute approximate surface area is 121 Å². The molecule has 0 aliphatic heterocycles. The van der Waals surface area contributed by atoms with Crippen molar-refractivity contribution in [1.29, 1.82) is 0 Å². The first-order valence-electron chi connectivity index (χ1n) is 5.83. The van der Waals surface area contributed by atoms with E-state index in [4.69, 9.17) is 5.73 Å². The molecule has 3 heteroatoms. The van der Waals surface area contributed by atoms with E-state index >= 15 is 0 Å². The van der Waals surface area contributed by atoms with Crippen LogP contribution in [0.25, 0.3) is 0 Å². The minimum Gasteiger partial charge on any atom is -0.398 e. The SMILES string of the molecule is Cc1ccccc1CSCc1c(N)cccc1Br. The average Bonchev–Trinajstić information content (AvgIpc) is 2.35. The molecule has 18 heavy (non-hydrogen) atoms. The van der Waals surface area contributed by atoms with Crippen LogP contribution in [0.15, 0.2) is 46.9 Å². The van der Waals surface area contributed by atoms with Crippen LogP contribution in [-0.2, 0) is 11.5 Å². The summed E-state index contributed by atoms with van der Waals surface area (Å²) in [5.41, 5.74) is 10.8. The van der Waals surface area contributed by atoms with Gasteiger partial charge in [-0.3, -0.25) is 0 Å². The maximum Gasteiger partial charge on any atom is 0.0366 e. The minimum absolute atomic E-state index is 0.863. The third kappa shape index (κ3) is 3.30. The molecule has 0 bridgehead atoms. The Balaban J connectivity index is 1.99. The Morgan fingerprint density at radius 2 is 1.83 bits per heavy atom. The molecule has 0 amide bonds. The molecule has 0 spiro atoms. The van der Waals surface area contributed by atoms with Gasteiger partial charge in [-0.1, -0.05) is 46.3 Å². The van der Waals surface area contributed by atoms with Crippen molar-refractivity contribution in [2.45, 2.75) is 18.4 Å². The molecule has 0 aliphatic carbocycles. The maximum absolute atomic E-state index is 5.99. The van der Waals surface area contributed by atoms with E-state index in [-0.39, 0.29) is 0 Å². The molecular formula is C15H16BrNS. The van der Waals surface area contributed by atoms with Gasteiger partial charge in [-0.05, 0) is 35.7 Å². The molecule has 94 valence electrons. The van der Waals surface area contributed by atoms with E-state index in [1.54, 1.807) is 0 Å². The molecule has 0 atom stereocenters. The van der Waals surface area contributed by atoms with E-state index < -0.39 is 0 Å². The molecule has 0 unspecified atom stereocenters. The van der Waals surface area contributed by atoms with Crippen molar-refractivity contribution in [2.24, 2.45) is 0 Å². The lowest BCUT2D eigenvalue weighted by molar-refractivity contribution is 1.29. The van der Waals surface area contributed by atoms with Crippen molar-refractivity contribution in [2.75, 3.05) is 5.73 Å². The Kier molecular flexibility index (Phi) is 4.72. The summed E-state index contributed by atoms with van der Waals surface area (Å²) in [5, 5.41) is 0. The zero-order chi connectivity index (χ0) is 13.0. The van der Waals surface area contributed by atoms with Gasteiger partial charge in [-0.25, -0.2) is 0 Å². The summed E-state index contributed by atoms with van der Waals surface area (Å²) in [6.07, 6.45) is 0. The summed E-state index contributed by atoms with van der Waals surface area (Å²) in [6.45, 7) is 2.16. The minimum atomic E-state index is 0.863. The summed E-state index contributed by atoms with van der Waals surface area (Å²) < 4.78 is 1.10. The second-order valence-corrected chi connectivity index (χ2v) is 6.07. The highest BCUT2D eigenvalue weighted by atomic mass is 79.9. The van der Waals surface area contributed by atoms with Crippen LogP contribution in [0.4, 0.5) is 5.69 Å². The fraction of sp³-hybridized carbons (Fsp3) is 0.200. The second-order valence-electron chi connectivity index (χ2n) is 4.23. The summed E-state index contributed by atoms with van der Waals surface area (Å²) in [4.78, 5) is 0. The highest BCUT2D eigenvalue weighted by Gasteiger charge is 2.04. The Hall–Kier alpha value is -0.930. The predicted octanol–water partition coefficient (Wildman–Crippen LogP) is 4.77. The molecule has 0 heterocycles. The largest absolute Gasteiger partial charge is 0.398 e. The van der Waals surface area contributed by atoms with E-state index in [2.05, 4.69) is 47.1 Å². The van der Waals surface area contributed by atoms with E-state index in [0.717, 1.165) is 21.7 Å². The third-order valence-corrected chi connectivity index (χ3v) is 4.67. The van der Waals surface area contributed by atoms with Gasteiger partial charge in [0.15, 0.2) is 0 Å². The van der Waals surface area contributed by atoms with E-state index in [9.17, 15) is 0 Å². The van der Waals surface area contributed by atoms with Crippen molar-refractivity contribution in [3.8, 4) is 0 Å². The van der Waals surface area contributed by atoms with E-state index in [1.165, 1.54) is 16.7 Å². The van der Waals surface area contributed by atoms with Gasteiger partial charge in [-0.15, -0.1) is 0 Å². The van der Waals surface area contributed by atoms with Crippen molar-refractivity contribution >= 4 is 33.4 Å². The van der Waals surface area contributed by atoms with Crippen LogP contribution < -0.4 is 5.73 Å². The number of nitrogen functional groups attached to an aromatic ring is 1. The summed E-state index contributed by atoms with van der Waals surface area (Å²) in [5.74, 6) is 1.95. The van der Waals surface area contributed by atoms with Crippen LogP contribution in [0, 0.1) is 6.92 Å². The van der Waals surface area contributed by atoms with Crippen LogP contribution in [0.5, 0.6) is 0 Å². The van der Waals surface area contributed by atoms with Crippen LogP contribution in [0.1, 0.15) is 16.7 Å². The summed E-state index contributed by atoms with van der Waals surface area (Å²) >= 11 is 5.45. The number of anilines is 1. The molecule has 0 fully saturated rings. The quantitative estimate of drug-likeness (QED) is 0.820. The molecule has 2 N–H and O–H groups in total. The number of nitrogens with two attached hydrogens (primary N) is 1. The number of rotatable bonds is 4. The fourth-order valence-electron chi connectivity index (χ4n) is 1.76. The van der Waals surface area contributed by atoms with Gasteiger partial charge in [-0.2, -0.15) is 11.8 Å². The molecule has 2 aromatic rings. The number of hydrogen-bond donors (Lipinski definition) is 1. The third-order valence-electron chi connectivity index (χ3n) is 2.92. The monoisotopic (exact) mass is 321 g/mol. The number of benzene rings is 2. The molecule has 2 aromatic carbocycles. The molecule has 0 saturated carbocycles. The number of hydrogen-bond acceptors (Lipinski definition) is 2. The van der Waals surface area contributed by atoms with Crippen molar-refractivity contribution in [1.82, 2.24) is 0 Å². The summed E-state index contributed by atoms with van der Waals surface area (Å²) in [7, 11) is 0. The predicted molar refractivity (Wildman–Crippen MR) is 84.7 cm³/mol. The normalized spacial score (nSPS) is 10.6. The molecule has 1 nitrogen and oxygen atoms in total. The van der Waals surface area contributed by atoms with Crippen LogP contribution in [0.2, 0.25) is 0 Å². The van der Waals surface area contributed by atoms with Gasteiger partial charge in [0.05, 0.1) is 0 Å². The molecule has 0 saturated heterocycles. The second kappa shape index (κ2) is 6.30. The maximum atomic E-state index is 5.99. The molecule has 2 rings (SSSR count). The highest BCUT2D eigenvalue weighted by Crippen LogP contribution is 2.28. The smallest absolute Gasteiger partial charge is 0.0366 e. The van der Waals surface area contributed by atoms with Crippen molar-refractivity contribution in [3.05, 3.63) is 63.6 Å². The number of halogens is 1. The molecular weight excluding hydrogens is 306 g/mol. The van der Waals surface area contributed by atoms with Gasteiger partial charge < -0.3 is 5.73 Å². The summed E-state index contributed by atoms with van der Waals surface area (Å²) in [6, 6.07) is 14.5. The number of thioether (sulfide) groups is 1. The van der Waals surface area contributed by atoms with E-state index in [0.29, 0.717) is 0 Å². The van der Waals surface area contributed by atoms with Crippen molar-refractivity contribution in [3.63, 3.8) is 0 Å². The van der Waals surface area contributed by atoms with Gasteiger partial charge in [0.2, 0.25) is 0 Å². The van der Waals surface area contributed by atoms with Crippen molar-refractivity contribution < 1.29 is 0 Å². The molecule has 0 aromatic heterocycles. The Morgan fingerprint density at radius 1 is 1.06 bits per heavy atom. The lowest BCUT2D eigenvalue weighted by Gasteiger charge is -2.09. The lowest BCUT2D eigenvalue weighted by Crippen LogP contribution is -1.94. The standard InChI is InChI=1S/C15H16BrNS/c1-11-5-2-3-6-12(11)9-18-10-13-14(16)7-4-8-15(13)17/h2-8H,9-10,17H2,1H3. The van der Waals surface area contributed by atoms with Gasteiger partial charge in [0, 0.05) is 21.7 Å². The zero-order valence-electron chi connectivity index (χ0n) is 10.3. The zero-order valence-corrected chi connectivity index (χ0v) is 12.7. The van der Waals surface area contributed by atoms with Crippen LogP contribution >= 0.6 is 27.7 Å². The number of aryl methyl sites for hydroxylation is 1. The average molecular weight is 322 g/mol. The van der Waals surface area contributed by atoms with Crippen LogP contribution in [0.3, 0.4) is 0 Å². The lowest BCUT2D eigenvalue weighted by atomic mass is 10.1. The molecule has 0 aliphatic rings. The topological polar surface area (TPSA) is 26.0 Å². The van der Waals surface area contributed by atoms with Crippen LogP contribution in [-0.4, -0.2) is 0 Å². The van der Waals surface area contributed by atoms with E-state index in [1.807, 2.05) is 30.0 Å². The van der Waals surface area contributed by atoms with Gasteiger partial charge in [0.25, 0.3) is 0 Å².